The zero-order valence-corrected chi connectivity index (χ0v) is 14.9. The van der Waals surface area contributed by atoms with Crippen molar-refractivity contribution in [1.29, 1.82) is 0 Å². The zero-order valence-electron chi connectivity index (χ0n) is 12.6. The van der Waals surface area contributed by atoms with Gasteiger partial charge in [0.05, 0.1) is 20.6 Å². The highest BCUT2D eigenvalue weighted by molar-refractivity contribution is 8.18. The number of fused-ring (bicyclic) bond motifs is 1. The third-order valence-corrected chi connectivity index (χ3v) is 5.13. The summed E-state index contributed by atoms with van der Waals surface area (Å²) in [5, 5.41) is 4.08. The van der Waals surface area contributed by atoms with Crippen molar-refractivity contribution >= 4 is 57.8 Å². The van der Waals surface area contributed by atoms with Gasteiger partial charge < -0.3 is 14.8 Å². The summed E-state index contributed by atoms with van der Waals surface area (Å²) >= 11 is 13.1. The van der Waals surface area contributed by atoms with Gasteiger partial charge in [0, 0.05) is 0 Å². The Morgan fingerprint density at radius 1 is 1.08 bits per heavy atom. The average Bonchev–Trinajstić information content (AvgIpc) is 3.17. The molecule has 0 saturated carbocycles. The molecule has 0 spiro atoms. The van der Waals surface area contributed by atoms with E-state index in [9.17, 15) is 4.79 Å². The number of amides is 1. The number of aliphatic imine (C=N–C) groups is 1. The van der Waals surface area contributed by atoms with Crippen LogP contribution in [-0.4, -0.2) is 17.9 Å². The average molecular weight is 393 g/mol. The number of amidine groups is 1. The summed E-state index contributed by atoms with van der Waals surface area (Å²) in [6.07, 6.45) is 1.78. The van der Waals surface area contributed by atoms with Gasteiger partial charge in [-0.15, -0.1) is 0 Å². The fourth-order valence-electron chi connectivity index (χ4n) is 2.31. The number of ether oxygens (including phenoxy) is 2. The lowest BCUT2D eigenvalue weighted by atomic mass is 10.2. The minimum absolute atomic E-state index is 0.207. The van der Waals surface area contributed by atoms with Crippen molar-refractivity contribution < 1.29 is 14.3 Å². The van der Waals surface area contributed by atoms with Gasteiger partial charge in [0.25, 0.3) is 5.91 Å². The highest BCUT2D eigenvalue weighted by Gasteiger charge is 2.24. The van der Waals surface area contributed by atoms with Crippen LogP contribution in [0.1, 0.15) is 5.56 Å². The maximum atomic E-state index is 12.1. The molecule has 1 amide bonds. The molecule has 4 rings (SSSR count). The predicted molar refractivity (Wildman–Crippen MR) is 99.8 cm³/mol. The Morgan fingerprint density at radius 2 is 1.92 bits per heavy atom. The molecule has 2 aromatic carbocycles. The van der Waals surface area contributed by atoms with E-state index in [0.29, 0.717) is 37.3 Å². The maximum absolute atomic E-state index is 12.1. The number of nitrogens with one attached hydrogen (secondary N) is 1. The first-order valence-corrected chi connectivity index (χ1v) is 8.80. The van der Waals surface area contributed by atoms with Crippen LogP contribution in [0.3, 0.4) is 0 Å². The van der Waals surface area contributed by atoms with Gasteiger partial charge in [-0.2, -0.15) is 0 Å². The Hall–Kier alpha value is -2.15. The summed E-state index contributed by atoms with van der Waals surface area (Å²) in [7, 11) is 0. The summed E-state index contributed by atoms with van der Waals surface area (Å²) in [6.45, 7) is 0.213. The van der Waals surface area contributed by atoms with E-state index in [1.165, 1.54) is 11.8 Å². The number of rotatable bonds is 2. The van der Waals surface area contributed by atoms with E-state index in [1.54, 1.807) is 24.3 Å². The van der Waals surface area contributed by atoms with Crippen molar-refractivity contribution in [3.05, 3.63) is 56.9 Å². The van der Waals surface area contributed by atoms with Crippen LogP contribution in [0.5, 0.6) is 11.5 Å². The second-order valence-corrected chi connectivity index (χ2v) is 7.04. The topological polar surface area (TPSA) is 59.9 Å². The highest BCUT2D eigenvalue weighted by Crippen LogP contribution is 2.35. The SMILES string of the molecule is O=C1NC(=Nc2ccc(Cl)c(Cl)c2)S/C1=C/c1ccc2c(c1)OCO2. The van der Waals surface area contributed by atoms with Gasteiger partial charge in [-0.25, -0.2) is 4.99 Å². The lowest BCUT2D eigenvalue weighted by Gasteiger charge is -1.99. The second kappa shape index (κ2) is 6.63. The van der Waals surface area contributed by atoms with Crippen molar-refractivity contribution in [2.24, 2.45) is 4.99 Å². The molecule has 1 fully saturated rings. The van der Waals surface area contributed by atoms with Crippen molar-refractivity contribution in [3.8, 4) is 11.5 Å². The number of hydrogen-bond donors (Lipinski definition) is 1. The molecule has 1 saturated heterocycles. The quantitative estimate of drug-likeness (QED) is 0.757. The van der Waals surface area contributed by atoms with Crippen molar-refractivity contribution in [1.82, 2.24) is 5.32 Å². The molecular formula is C17H10Cl2N2O3S. The van der Waals surface area contributed by atoms with E-state index >= 15 is 0 Å². The monoisotopic (exact) mass is 392 g/mol. The van der Waals surface area contributed by atoms with Crippen LogP contribution in [0.15, 0.2) is 46.3 Å². The summed E-state index contributed by atoms with van der Waals surface area (Å²) in [5.74, 6) is 1.16. The number of thioether (sulfide) groups is 1. The van der Waals surface area contributed by atoms with Gasteiger partial charge in [-0.1, -0.05) is 29.3 Å². The van der Waals surface area contributed by atoms with Crippen LogP contribution in [0.4, 0.5) is 5.69 Å². The number of carbonyl (C=O) groups is 1. The van der Waals surface area contributed by atoms with Crippen molar-refractivity contribution in [2.75, 3.05) is 6.79 Å². The van der Waals surface area contributed by atoms with Gasteiger partial charge in [0.1, 0.15) is 0 Å². The number of carbonyl (C=O) groups excluding carboxylic acids is 1. The molecule has 0 atom stereocenters. The van der Waals surface area contributed by atoms with Crippen LogP contribution in [0.25, 0.3) is 6.08 Å². The van der Waals surface area contributed by atoms with Crippen LogP contribution in [0, 0.1) is 0 Å². The number of nitrogens with zero attached hydrogens (tertiary/aromatic N) is 1. The standard InChI is InChI=1S/C17H10Cl2N2O3S/c18-11-3-2-10(7-12(11)19)20-17-21-16(22)15(25-17)6-9-1-4-13-14(5-9)24-8-23-13/h1-7H,8H2,(H,20,21,22)/b15-6+. The third kappa shape index (κ3) is 3.46. The molecule has 0 unspecified atom stereocenters. The second-order valence-electron chi connectivity index (χ2n) is 5.19. The molecule has 0 aromatic heterocycles. The summed E-state index contributed by atoms with van der Waals surface area (Å²) in [6, 6.07) is 10.5. The molecule has 2 aromatic rings. The Bertz CT molecular complexity index is 943. The minimum atomic E-state index is -0.207. The molecular weight excluding hydrogens is 383 g/mol. The van der Waals surface area contributed by atoms with Crippen molar-refractivity contribution in [2.45, 2.75) is 0 Å². The fraction of sp³-hybridized carbons (Fsp3) is 0.0588. The molecule has 0 aliphatic carbocycles. The van der Waals surface area contributed by atoms with E-state index in [1.807, 2.05) is 18.2 Å². The lowest BCUT2D eigenvalue weighted by molar-refractivity contribution is -0.115. The van der Waals surface area contributed by atoms with E-state index in [0.717, 1.165) is 5.56 Å². The van der Waals surface area contributed by atoms with Crippen LogP contribution in [0.2, 0.25) is 10.0 Å². The van der Waals surface area contributed by atoms with E-state index in [2.05, 4.69) is 10.3 Å². The Kier molecular flexibility index (Phi) is 4.33. The Morgan fingerprint density at radius 3 is 2.76 bits per heavy atom. The molecule has 5 nitrogen and oxygen atoms in total. The van der Waals surface area contributed by atoms with Gasteiger partial charge in [0.15, 0.2) is 16.7 Å². The van der Waals surface area contributed by atoms with Gasteiger partial charge >= 0.3 is 0 Å². The molecule has 25 heavy (non-hydrogen) atoms. The fourth-order valence-corrected chi connectivity index (χ4v) is 3.44. The van der Waals surface area contributed by atoms with E-state index in [4.69, 9.17) is 32.7 Å². The molecule has 126 valence electrons. The molecule has 8 heteroatoms. The highest BCUT2D eigenvalue weighted by atomic mass is 35.5. The van der Waals surface area contributed by atoms with Gasteiger partial charge in [-0.3, -0.25) is 4.79 Å². The Balaban J connectivity index is 1.57. The van der Waals surface area contributed by atoms with Crippen LogP contribution in [-0.2, 0) is 4.79 Å². The molecule has 2 heterocycles. The molecule has 0 radical (unpaired) electrons. The normalized spacial score (nSPS) is 18.9. The maximum Gasteiger partial charge on any atom is 0.264 e. The summed E-state index contributed by atoms with van der Waals surface area (Å²) < 4.78 is 10.6. The van der Waals surface area contributed by atoms with Crippen LogP contribution < -0.4 is 14.8 Å². The van der Waals surface area contributed by atoms with E-state index in [-0.39, 0.29) is 12.7 Å². The number of hydrogen-bond acceptors (Lipinski definition) is 5. The predicted octanol–water partition coefficient (Wildman–Crippen LogP) is 4.61. The first-order valence-electron chi connectivity index (χ1n) is 7.23. The Labute approximate surface area is 157 Å². The van der Waals surface area contributed by atoms with Crippen molar-refractivity contribution in [3.63, 3.8) is 0 Å². The van der Waals surface area contributed by atoms with Crippen LogP contribution >= 0.6 is 35.0 Å². The smallest absolute Gasteiger partial charge is 0.264 e. The minimum Gasteiger partial charge on any atom is -0.454 e. The summed E-state index contributed by atoms with van der Waals surface area (Å²) in [4.78, 5) is 17.1. The summed E-state index contributed by atoms with van der Waals surface area (Å²) in [5.41, 5.74) is 1.46. The molecule has 2 aliphatic heterocycles. The van der Waals surface area contributed by atoms with Gasteiger partial charge in [0.2, 0.25) is 6.79 Å². The lowest BCUT2D eigenvalue weighted by Crippen LogP contribution is -2.19. The molecule has 2 aliphatic rings. The first kappa shape index (κ1) is 16.3. The largest absolute Gasteiger partial charge is 0.454 e. The zero-order chi connectivity index (χ0) is 17.4. The molecule has 1 N–H and O–H groups in total. The number of halogens is 2. The number of benzene rings is 2. The molecule has 0 bridgehead atoms. The van der Waals surface area contributed by atoms with Gasteiger partial charge in [-0.05, 0) is 53.7 Å². The van der Waals surface area contributed by atoms with E-state index < -0.39 is 0 Å². The third-order valence-electron chi connectivity index (χ3n) is 3.48. The first-order chi connectivity index (χ1) is 12.1.